The lowest BCUT2D eigenvalue weighted by Crippen LogP contribution is -2.41. The summed E-state index contributed by atoms with van der Waals surface area (Å²) in [6.07, 6.45) is -0.377. The molecule has 0 heterocycles. The van der Waals surface area contributed by atoms with Gasteiger partial charge in [0, 0.05) is 7.11 Å². The van der Waals surface area contributed by atoms with Crippen molar-refractivity contribution in [3.8, 4) is 0 Å². The first-order valence-electron chi connectivity index (χ1n) is 4.54. The van der Waals surface area contributed by atoms with Gasteiger partial charge < -0.3 is 14.8 Å². The van der Waals surface area contributed by atoms with Gasteiger partial charge in [0.25, 0.3) is 0 Å². The molecule has 0 rings (SSSR count). The van der Waals surface area contributed by atoms with E-state index in [4.69, 9.17) is 9.47 Å². The molecule has 0 saturated carbocycles. The molecule has 0 spiro atoms. The molecule has 0 aliphatic rings. The Hall–Kier alpha value is -0.770. The van der Waals surface area contributed by atoms with Gasteiger partial charge >= 0.3 is 6.09 Å². The molecule has 0 aromatic carbocycles. The normalized spacial score (nSPS) is 12.7. The van der Waals surface area contributed by atoms with E-state index in [0.29, 0.717) is 19.1 Å². The van der Waals surface area contributed by atoms with Crippen LogP contribution < -0.4 is 5.32 Å². The molecule has 4 heteroatoms. The summed E-state index contributed by atoms with van der Waals surface area (Å²) < 4.78 is 9.74. The number of carbonyl (C=O) groups is 1. The van der Waals surface area contributed by atoms with Gasteiger partial charge in [-0.25, -0.2) is 4.79 Å². The lowest BCUT2D eigenvalue weighted by Gasteiger charge is -2.20. The molecule has 1 N–H and O–H groups in total. The van der Waals surface area contributed by atoms with E-state index >= 15 is 0 Å². The molecule has 0 saturated heterocycles. The predicted molar refractivity (Wildman–Crippen MR) is 50.7 cm³/mol. The Morgan fingerprint density at radius 2 is 2.08 bits per heavy atom. The molecule has 1 unspecified atom stereocenters. The Kier molecular flexibility index (Phi) is 6.32. The van der Waals surface area contributed by atoms with Crippen LogP contribution in [0.4, 0.5) is 4.79 Å². The zero-order valence-corrected chi connectivity index (χ0v) is 8.79. The number of rotatable bonds is 5. The van der Waals surface area contributed by atoms with Crippen molar-refractivity contribution in [2.75, 3.05) is 20.3 Å². The third-order valence-corrected chi connectivity index (χ3v) is 1.73. The van der Waals surface area contributed by atoms with Gasteiger partial charge in [-0.1, -0.05) is 13.8 Å². The van der Waals surface area contributed by atoms with Crippen molar-refractivity contribution >= 4 is 6.09 Å². The molecule has 0 aromatic heterocycles. The Morgan fingerprint density at radius 1 is 1.46 bits per heavy atom. The van der Waals surface area contributed by atoms with Gasteiger partial charge in [0.15, 0.2) is 0 Å². The zero-order valence-electron chi connectivity index (χ0n) is 8.79. The zero-order chi connectivity index (χ0) is 10.3. The largest absolute Gasteiger partial charge is 0.450 e. The number of methoxy groups -OCH3 is 1. The van der Waals surface area contributed by atoms with Gasteiger partial charge in [-0.05, 0) is 12.8 Å². The number of carbonyl (C=O) groups excluding carboxylic acids is 1. The van der Waals surface area contributed by atoms with Crippen molar-refractivity contribution in [1.82, 2.24) is 5.32 Å². The fourth-order valence-electron chi connectivity index (χ4n) is 0.904. The molecule has 0 fully saturated rings. The van der Waals surface area contributed by atoms with Crippen LogP contribution in [0.2, 0.25) is 0 Å². The second-order valence-corrected chi connectivity index (χ2v) is 3.17. The van der Waals surface area contributed by atoms with Crippen molar-refractivity contribution in [2.24, 2.45) is 5.92 Å². The molecule has 0 aliphatic heterocycles. The molecule has 78 valence electrons. The fourth-order valence-corrected chi connectivity index (χ4v) is 0.904. The van der Waals surface area contributed by atoms with Gasteiger partial charge in [0.2, 0.25) is 0 Å². The van der Waals surface area contributed by atoms with Crippen LogP contribution in [-0.2, 0) is 9.47 Å². The molecule has 0 bridgehead atoms. The average Bonchev–Trinajstić information content (AvgIpc) is 2.04. The molecular formula is C9H19NO3. The lowest BCUT2D eigenvalue weighted by molar-refractivity contribution is 0.118. The first-order chi connectivity index (χ1) is 6.11. The molecule has 0 radical (unpaired) electrons. The second kappa shape index (κ2) is 6.71. The average molecular weight is 189 g/mol. The van der Waals surface area contributed by atoms with Crippen LogP contribution in [0.25, 0.3) is 0 Å². The smallest absolute Gasteiger partial charge is 0.407 e. The van der Waals surface area contributed by atoms with Gasteiger partial charge in [-0.2, -0.15) is 0 Å². The number of hydrogen-bond acceptors (Lipinski definition) is 3. The minimum atomic E-state index is -0.377. The quantitative estimate of drug-likeness (QED) is 0.711. The van der Waals surface area contributed by atoms with Gasteiger partial charge in [-0.15, -0.1) is 0 Å². The summed E-state index contributed by atoms with van der Waals surface area (Å²) in [6.45, 7) is 6.73. The summed E-state index contributed by atoms with van der Waals surface area (Å²) in [6, 6.07) is 0.0176. The van der Waals surface area contributed by atoms with E-state index in [1.807, 2.05) is 13.8 Å². The van der Waals surface area contributed by atoms with Crippen LogP contribution >= 0.6 is 0 Å². The van der Waals surface area contributed by atoms with E-state index in [0.717, 1.165) is 0 Å². The minimum Gasteiger partial charge on any atom is -0.450 e. The fraction of sp³-hybridized carbons (Fsp3) is 0.889. The summed E-state index contributed by atoms with van der Waals surface area (Å²) in [5, 5.41) is 2.73. The predicted octanol–water partition coefficient (Wildman–Crippen LogP) is 1.40. The molecule has 1 atom stereocenters. The van der Waals surface area contributed by atoms with Gasteiger partial charge in [0.05, 0.1) is 19.3 Å². The van der Waals surface area contributed by atoms with Crippen LogP contribution in [0.15, 0.2) is 0 Å². The Labute approximate surface area is 79.6 Å². The summed E-state index contributed by atoms with van der Waals surface area (Å²) >= 11 is 0. The maximum absolute atomic E-state index is 11.0. The Bertz CT molecular complexity index is 148. The Balaban J connectivity index is 3.86. The maximum atomic E-state index is 11.0. The molecule has 1 amide bonds. The van der Waals surface area contributed by atoms with Crippen LogP contribution in [0.3, 0.4) is 0 Å². The molecular weight excluding hydrogens is 170 g/mol. The van der Waals surface area contributed by atoms with E-state index in [2.05, 4.69) is 5.32 Å². The number of nitrogens with one attached hydrogen (secondary N) is 1. The van der Waals surface area contributed by atoms with Gasteiger partial charge in [0.1, 0.15) is 0 Å². The first kappa shape index (κ1) is 12.2. The number of hydrogen-bond donors (Lipinski definition) is 1. The summed E-state index contributed by atoms with van der Waals surface area (Å²) in [7, 11) is 1.61. The van der Waals surface area contributed by atoms with E-state index < -0.39 is 0 Å². The number of alkyl carbamates (subject to hydrolysis) is 1. The highest BCUT2D eigenvalue weighted by atomic mass is 16.5. The standard InChI is InChI=1S/C9H19NO3/c1-5-13-9(11)10-8(6-12-4)7(2)3/h7-8H,5-6H2,1-4H3,(H,10,11). The van der Waals surface area contributed by atoms with Crippen molar-refractivity contribution in [2.45, 2.75) is 26.8 Å². The number of amides is 1. The van der Waals surface area contributed by atoms with E-state index in [1.54, 1.807) is 14.0 Å². The van der Waals surface area contributed by atoms with Crippen molar-refractivity contribution in [1.29, 1.82) is 0 Å². The van der Waals surface area contributed by atoms with Crippen molar-refractivity contribution in [3.63, 3.8) is 0 Å². The van der Waals surface area contributed by atoms with Gasteiger partial charge in [-0.3, -0.25) is 0 Å². The summed E-state index contributed by atoms with van der Waals surface area (Å²) in [5.41, 5.74) is 0. The Morgan fingerprint density at radius 3 is 2.46 bits per heavy atom. The monoisotopic (exact) mass is 189 g/mol. The van der Waals surface area contributed by atoms with Crippen molar-refractivity contribution < 1.29 is 14.3 Å². The lowest BCUT2D eigenvalue weighted by atomic mass is 10.1. The SMILES string of the molecule is CCOC(=O)NC(COC)C(C)C. The molecule has 0 aromatic rings. The van der Waals surface area contributed by atoms with E-state index in [-0.39, 0.29) is 12.1 Å². The third kappa shape index (κ3) is 5.47. The third-order valence-electron chi connectivity index (χ3n) is 1.73. The summed E-state index contributed by atoms with van der Waals surface area (Å²) in [4.78, 5) is 11.0. The van der Waals surface area contributed by atoms with Crippen LogP contribution in [0.1, 0.15) is 20.8 Å². The van der Waals surface area contributed by atoms with Crippen molar-refractivity contribution in [3.05, 3.63) is 0 Å². The van der Waals surface area contributed by atoms with Crippen LogP contribution in [0, 0.1) is 5.92 Å². The topological polar surface area (TPSA) is 47.6 Å². The maximum Gasteiger partial charge on any atom is 0.407 e. The second-order valence-electron chi connectivity index (χ2n) is 3.17. The van der Waals surface area contributed by atoms with E-state index in [9.17, 15) is 4.79 Å². The van der Waals surface area contributed by atoms with Crippen LogP contribution in [-0.4, -0.2) is 32.5 Å². The highest BCUT2D eigenvalue weighted by Gasteiger charge is 2.15. The van der Waals surface area contributed by atoms with Crippen LogP contribution in [0.5, 0.6) is 0 Å². The first-order valence-corrected chi connectivity index (χ1v) is 4.54. The minimum absolute atomic E-state index is 0.0176. The number of ether oxygens (including phenoxy) is 2. The summed E-state index contributed by atoms with van der Waals surface area (Å²) in [5.74, 6) is 0.337. The highest BCUT2D eigenvalue weighted by molar-refractivity contribution is 5.67. The molecule has 4 nitrogen and oxygen atoms in total. The molecule has 0 aliphatic carbocycles. The van der Waals surface area contributed by atoms with E-state index in [1.165, 1.54) is 0 Å². The molecule has 13 heavy (non-hydrogen) atoms. The highest BCUT2D eigenvalue weighted by Crippen LogP contribution is 2.01.